The molecule has 0 unspecified atom stereocenters. The summed E-state index contributed by atoms with van der Waals surface area (Å²) in [5.74, 6) is 0.379. The van der Waals surface area contributed by atoms with Crippen molar-refractivity contribution in [2.24, 2.45) is 0 Å². The number of hydrogen-bond donors (Lipinski definition) is 1. The second-order valence-electron chi connectivity index (χ2n) is 5.91. The molecule has 1 amide bonds. The first kappa shape index (κ1) is 16.1. The zero-order valence-corrected chi connectivity index (χ0v) is 13.7. The first-order chi connectivity index (χ1) is 11.7. The molecule has 3 rings (SSSR count). The largest absolute Gasteiger partial charge is 0.507 e. The fourth-order valence-corrected chi connectivity index (χ4v) is 3.30. The first-order valence-corrected chi connectivity index (χ1v) is 8.13. The molecule has 24 heavy (non-hydrogen) atoms. The maximum absolute atomic E-state index is 12.6. The van der Waals surface area contributed by atoms with Crippen LogP contribution in [0.15, 0.2) is 61.7 Å². The van der Waals surface area contributed by atoms with Crippen LogP contribution in [-0.4, -0.2) is 11.0 Å². The number of hydrogen-bond acceptors (Lipinski definition) is 2. The van der Waals surface area contributed by atoms with Crippen molar-refractivity contribution in [3.05, 3.63) is 78.4 Å². The summed E-state index contributed by atoms with van der Waals surface area (Å²) in [6.45, 7) is 7.57. The zero-order chi connectivity index (χ0) is 17.1. The third-order valence-electron chi connectivity index (χ3n) is 4.38. The lowest BCUT2D eigenvalue weighted by atomic mass is 9.90. The molecule has 1 aliphatic heterocycles. The second kappa shape index (κ2) is 6.75. The molecule has 1 aliphatic rings. The number of carbonyl (C=O) groups excluding carboxylic acids is 1. The van der Waals surface area contributed by atoms with Gasteiger partial charge in [0, 0.05) is 23.2 Å². The van der Waals surface area contributed by atoms with Gasteiger partial charge in [-0.3, -0.25) is 9.69 Å². The fraction of sp³-hybridized carbons (Fsp3) is 0.190. The molecule has 2 aromatic carbocycles. The molecule has 0 saturated carbocycles. The summed E-state index contributed by atoms with van der Waals surface area (Å²) in [4.78, 5) is 14.4. The van der Waals surface area contributed by atoms with Gasteiger partial charge < -0.3 is 5.11 Å². The number of benzene rings is 2. The van der Waals surface area contributed by atoms with Crippen LogP contribution in [0.2, 0.25) is 0 Å². The van der Waals surface area contributed by atoms with Crippen molar-refractivity contribution in [2.75, 3.05) is 4.90 Å². The van der Waals surface area contributed by atoms with E-state index in [1.165, 1.54) is 0 Å². The van der Waals surface area contributed by atoms with Crippen molar-refractivity contribution in [3.63, 3.8) is 0 Å². The van der Waals surface area contributed by atoms with Gasteiger partial charge in [0.05, 0.1) is 5.69 Å². The van der Waals surface area contributed by atoms with Gasteiger partial charge in [0.2, 0.25) is 5.91 Å². The Bertz CT molecular complexity index is 793. The number of allylic oxidation sites excluding steroid dienone is 2. The minimum Gasteiger partial charge on any atom is -0.507 e. The van der Waals surface area contributed by atoms with Gasteiger partial charge >= 0.3 is 0 Å². The Morgan fingerprint density at radius 3 is 2.46 bits per heavy atom. The van der Waals surface area contributed by atoms with Crippen molar-refractivity contribution in [2.45, 2.75) is 25.7 Å². The number of anilines is 2. The summed E-state index contributed by atoms with van der Waals surface area (Å²) in [6.07, 6.45) is 5.76. The average molecular weight is 319 g/mol. The molecule has 1 heterocycles. The SMILES string of the molecule is C=CCc1cc2c(c(CC=C)c1O)CCC(=O)N2c1ccccc1. The van der Waals surface area contributed by atoms with Gasteiger partial charge in [-0.1, -0.05) is 30.4 Å². The van der Waals surface area contributed by atoms with E-state index in [0.717, 1.165) is 28.1 Å². The smallest absolute Gasteiger partial charge is 0.231 e. The van der Waals surface area contributed by atoms with Crippen molar-refractivity contribution >= 4 is 17.3 Å². The Balaban J connectivity index is 2.24. The molecule has 0 aromatic heterocycles. The number of phenols is 1. The van der Waals surface area contributed by atoms with E-state index in [1.807, 2.05) is 36.4 Å². The maximum atomic E-state index is 12.6. The molecule has 0 atom stereocenters. The lowest BCUT2D eigenvalue weighted by Crippen LogP contribution is -2.31. The van der Waals surface area contributed by atoms with E-state index < -0.39 is 0 Å². The number of fused-ring (bicyclic) bond motifs is 1. The predicted octanol–water partition coefficient (Wildman–Crippen LogP) is 4.46. The molecule has 122 valence electrons. The molecule has 0 bridgehead atoms. The highest BCUT2D eigenvalue weighted by Gasteiger charge is 2.29. The third kappa shape index (κ3) is 2.73. The normalized spacial score (nSPS) is 13.5. The number of nitrogens with zero attached hydrogens (tertiary/aromatic N) is 1. The molecule has 2 aromatic rings. The minimum atomic E-state index is 0.0773. The zero-order valence-electron chi connectivity index (χ0n) is 13.7. The Kier molecular flexibility index (Phi) is 4.52. The Morgan fingerprint density at radius 2 is 1.79 bits per heavy atom. The second-order valence-corrected chi connectivity index (χ2v) is 5.91. The van der Waals surface area contributed by atoms with Crippen molar-refractivity contribution in [1.82, 2.24) is 0 Å². The van der Waals surface area contributed by atoms with Gasteiger partial charge in [-0.2, -0.15) is 0 Å². The van der Waals surface area contributed by atoms with E-state index in [0.29, 0.717) is 31.4 Å². The monoisotopic (exact) mass is 319 g/mol. The van der Waals surface area contributed by atoms with Crippen LogP contribution in [0.5, 0.6) is 5.75 Å². The van der Waals surface area contributed by atoms with Gasteiger partial charge in [-0.15, -0.1) is 13.2 Å². The molecule has 3 heteroatoms. The van der Waals surface area contributed by atoms with Crippen LogP contribution in [0, 0.1) is 0 Å². The number of aromatic hydroxyl groups is 1. The van der Waals surface area contributed by atoms with E-state index in [9.17, 15) is 9.90 Å². The van der Waals surface area contributed by atoms with Crippen LogP contribution < -0.4 is 4.90 Å². The molecule has 3 nitrogen and oxygen atoms in total. The van der Waals surface area contributed by atoms with Gasteiger partial charge in [0.1, 0.15) is 5.75 Å². The van der Waals surface area contributed by atoms with Gasteiger partial charge in [-0.05, 0) is 43.0 Å². The third-order valence-corrected chi connectivity index (χ3v) is 4.38. The quantitative estimate of drug-likeness (QED) is 0.827. The summed E-state index contributed by atoms with van der Waals surface area (Å²) in [6, 6.07) is 11.6. The minimum absolute atomic E-state index is 0.0773. The van der Waals surface area contributed by atoms with Crippen LogP contribution in [0.1, 0.15) is 23.1 Å². The van der Waals surface area contributed by atoms with E-state index in [2.05, 4.69) is 13.2 Å². The first-order valence-electron chi connectivity index (χ1n) is 8.13. The Hall–Kier alpha value is -2.81. The van der Waals surface area contributed by atoms with E-state index in [1.54, 1.807) is 17.1 Å². The van der Waals surface area contributed by atoms with Gasteiger partial charge in [0.25, 0.3) is 0 Å². The molecule has 0 saturated heterocycles. The predicted molar refractivity (Wildman–Crippen MR) is 97.8 cm³/mol. The number of amides is 1. The number of phenolic OH excluding ortho intramolecular Hbond substituents is 1. The number of rotatable bonds is 5. The van der Waals surface area contributed by atoms with Gasteiger partial charge in [0.15, 0.2) is 0 Å². The number of para-hydroxylation sites is 1. The summed E-state index contributed by atoms with van der Waals surface area (Å²) in [5.41, 5.74) is 4.40. The van der Waals surface area contributed by atoms with E-state index >= 15 is 0 Å². The van der Waals surface area contributed by atoms with Crippen LogP contribution in [-0.2, 0) is 24.1 Å². The topological polar surface area (TPSA) is 40.5 Å². The summed E-state index contributed by atoms with van der Waals surface area (Å²) >= 11 is 0. The van der Waals surface area contributed by atoms with E-state index in [-0.39, 0.29) is 5.91 Å². The Labute approximate surface area is 142 Å². The van der Waals surface area contributed by atoms with Crippen LogP contribution in [0.3, 0.4) is 0 Å². The highest BCUT2D eigenvalue weighted by molar-refractivity contribution is 6.03. The van der Waals surface area contributed by atoms with Crippen molar-refractivity contribution in [1.29, 1.82) is 0 Å². The summed E-state index contributed by atoms with van der Waals surface area (Å²) < 4.78 is 0. The molecular formula is C21H21NO2. The highest BCUT2D eigenvalue weighted by atomic mass is 16.3. The molecule has 1 N–H and O–H groups in total. The fourth-order valence-electron chi connectivity index (χ4n) is 3.30. The van der Waals surface area contributed by atoms with Crippen molar-refractivity contribution in [3.8, 4) is 5.75 Å². The van der Waals surface area contributed by atoms with Gasteiger partial charge in [-0.25, -0.2) is 0 Å². The lowest BCUT2D eigenvalue weighted by molar-refractivity contribution is -0.118. The van der Waals surface area contributed by atoms with E-state index in [4.69, 9.17) is 0 Å². The maximum Gasteiger partial charge on any atom is 0.231 e. The molecule has 0 radical (unpaired) electrons. The molecule has 0 spiro atoms. The summed E-state index contributed by atoms with van der Waals surface area (Å²) in [7, 11) is 0. The molecule has 0 aliphatic carbocycles. The van der Waals surface area contributed by atoms with Crippen LogP contribution >= 0.6 is 0 Å². The summed E-state index contributed by atoms with van der Waals surface area (Å²) in [5, 5.41) is 10.6. The highest BCUT2D eigenvalue weighted by Crippen LogP contribution is 2.41. The Morgan fingerprint density at radius 1 is 1.08 bits per heavy atom. The average Bonchev–Trinajstić information content (AvgIpc) is 2.59. The standard InChI is InChI=1S/C21H21NO2/c1-3-8-15-14-19-17(18(9-4-2)21(15)24)12-13-20(23)22(19)16-10-6-5-7-11-16/h3-7,10-11,14,24H,1-2,8-9,12-13H2. The number of carbonyl (C=O) groups is 1. The lowest BCUT2D eigenvalue weighted by Gasteiger charge is -2.32. The molecular weight excluding hydrogens is 298 g/mol. The molecule has 0 fully saturated rings. The van der Waals surface area contributed by atoms with Crippen LogP contribution in [0.25, 0.3) is 0 Å². The van der Waals surface area contributed by atoms with Crippen molar-refractivity contribution < 1.29 is 9.90 Å². The van der Waals surface area contributed by atoms with Crippen LogP contribution in [0.4, 0.5) is 11.4 Å².